The van der Waals surface area contributed by atoms with Crippen LogP contribution < -0.4 is 5.73 Å². The van der Waals surface area contributed by atoms with Gasteiger partial charge in [-0.25, -0.2) is 0 Å². The maximum atomic E-state index is 13.0. The molecule has 0 aliphatic heterocycles. The lowest BCUT2D eigenvalue weighted by atomic mass is 9.93. The fraction of sp³-hybridized carbons (Fsp3) is 0.421. The molecule has 23 heavy (non-hydrogen) atoms. The maximum absolute atomic E-state index is 13.0. The average Bonchev–Trinajstić information content (AvgIpc) is 3.10. The summed E-state index contributed by atoms with van der Waals surface area (Å²) in [6.45, 7) is 0.943. The minimum absolute atomic E-state index is 0.0274. The molecule has 0 radical (unpaired) electrons. The van der Waals surface area contributed by atoms with E-state index in [1.54, 1.807) is 12.1 Å². The van der Waals surface area contributed by atoms with Crippen LogP contribution in [-0.2, 0) is 13.1 Å². The Balaban J connectivity index is 1.82. The van der Waals surface area contributed by atoms with Crippen molar-refractivity contribution in [3.05, 3.63) is 59.5 Å². The second kappa shape index (κ2) is 7.47. The van der Waals surface area contributed by atoms with Gasteiger partial charge in [0.15, 0.2) is 5.76 Å². The summed E-state index contributed by atoms with van der Waals surface area (Å²) in [5, 5.41) is 0. The van der Waals surface area contributed by atoms with Crippen molar-refractivity contribution < 1.29 is 9.21 Å². The molecule has 0 saturated heterocycles. The Hall–Kier alpha value is -2.07. The molecule has 1 aromatic carbocycles. The van der Waals surface area contributed by atoms with Crippen LogP contribution in [0, 0.1) is 0 Å². The zero-order valence-electron chi connectivity index (χ0n) is 13.4. The number of benzene rings is 1. The fourth-order valence-electron chi connectivity index (χ4n) is 3.28. The lowest BCUT2D eigenvalue weighted by Gasteiger charge is -2.34. The highest BCUT2D eigenvalue weighted by molar-refractivity contribution is 5.91. The molecule has 1 aliphatic carbocycles. The Kier molecular flexibility index (Phi) is 5.13. The first-order valence-corrected chi connectivity index (χ1v) is 8.41. The van der Waals surface area contributed by atoms with E-state index in [0.29, 0.717) is 30.7 Å². The van der Waals surface area contributed by atoms with E-state index >= 15 is 0 Å². The zero-order valence-corrected chi connectivity index (χ0v) is 13.4. The third-order valence-electron chi connectivity index (χ3n) is 4.55. The Bertz CT molecular complexity index is 630. The van der Waals surface area contributed by atoms with Crippen LogP contribution in [0.2, 0.25) is 0 Å². The van der Waals surface area contributed by atoms with Gasteiger partial charge in [0.1, 0.15) is 5.76 Å². The number of hydrogen-bond donors (Lipinski definition) is 1. The standard InChI is InChI=1S/C19H24N2O2/c20-13-17-11-12-18(23-17)19(22)21(16-9-5-2-6-10-16)14-15-7-3-1-4-8-15/h1,3-4,7-8,11-12,16H,2,5-6,9-10,13-14,20H2. The summed E-state index contributed by atoms with van der Waals surface area (Å²) in [5.41, 5.74) is 6.74. The zero-order chi connectivity index (χ0) is 16.1. The van der Waals surface area contributed by atoms with Gasteiger partial charge in [0.25, 0.3) is 5.91 Å². The summed E-state index contributed by atoms with van der Waals surface area (Å²) in [7, 11) is 0. The second-order valence-corrected chi connectivity index (χ2v) is 6.18. The molecule has 3 rings (SSSR count). The van der Waals surface area contributed by atoms with Crippen LogP contribution in [0.15, 0.2) is 46.9 Å². The largest absolute Gasteiger partial charge is 0.455 e. The van der Waals surface area contributed by atoms with E-state index in [2.05, 4.69) is 12.1 Å². The van der Waals surface area contributed by atoms with Crippen LogP contribution in [0.5, 0.6) is 0 Å². The van der Waals surface area contributed by atoms with Crippen molar-refractivity contribution in [1.82, 2.24) is 4.90 Å². The smallest absolute Gasteiger partial charge is 0.290 e. The first-order chi connectivity index (χ1) is 11.3. The Labute approximate surface area is 137 Å². The van der Waals surface area contributed by atoms with Gasteiger partial charge in [-0.15, -0.1) is 0 Å². The first-order valence-electron chi connectivity index (χ1n) is 8.41. The first kappa shape index (κ1) is 15.8. The molecular weight excluding hydrogens is 288 g/mol. The van der Waals surface area contributed by atoms with E-state index in [1.807, 2.05) is 23.1 Å². The number of nitrogens with two attached hydrogens (primary N) is 1. The third-order valence-corrected chi connectivity index (χ3v) is 4.55. The van der Waals surface area contributed by atoms with Crippen molar-refractivity contribution in [1.29, 1.82) is 0 Å². The minimum atomic E-state index is -0.0274. The number of nitrogens with zero attached hydrogens (tertiary/aromatic N) is 1. The van der Waals surface area contributed by atoms with Gasteiger partial charge < -0.3 is 15.1 Å². The van der Waals surface area contributed by atoms with E-state index in [4.69, 9.17) is 10.2 Å². The van der Waals surface area contributed by atoms with Crippen LogP contribution in [0.3, 0.4) is 0 Å². The molecule has 4 heteroatoms. The lowest BCUT2D eigenvalue weighted by molar-refractivity contribution is 0.0580. The van der Waals surface area contributed by atoms with Crippen molar-refractivity contribution in [2.75, 3.05) is 0 Å². The number of carbonyl (C=O) groups excluding carboxylic acids is 1. The second-order valence-electron chi connectivity index (χ2n) is 6.18. The van der Waals surface area contributed by atoms with Crippen molar-refractivity contribution in [2.45, 2.75) is 51.2 Å². The molecule has 1 aliphatic rings. The predicted molar refractivity (Wildman–Crippen MR) is 89.8 cm³/mol. The van der Waals surface area contributed by atoms with Crippen molar-refractivity contribution in [3.8, 4) is 0 Å². The summed E-state index contributed by atoms with van der Waals surface area (Å²) in [5.74, 6) is 1.02. The molecule has 1 amide bonds. The molecule has 1 aromatic heterocycles. The number of carbonyl (C=O) groups is 1. The quantitative estimate of drug-likeness (QED) is 0.915. The molecule has 0 atom stereocenters. The third kappa shape index (κ3) is 3.82. The Morgan fingerprint density at radius 2 is 1.83 bits per heavy atom. The molecule has 1 fully saturated rings. The maximum Gasteiger partial charge on any atom is 0.290 e. The number of amides is 1. The Morgan fingerprint density at radius 1 is 1.09 bits per heavy atom. The van der Waals surface area contributed by atoms with Gasteiger partial charge in [0.2, 0.25) is 0 Å². The number of hydrogen-bond acceptors (Lipinski definition) is 3. The van der Waals surface area contributed by atoms with Gasteiger partial charge in [0, 0.05) is 12.6 Å². The van der Waals surface area contributed by atoms with E-state index in [0.717, 1.165) is 18.4 Å². The van der Waals surface area contributed by atoms with Crippen LogP contribution in [-0.4, -0.2) is 16.8 Å². The van der Waals surface area contributed by atoms with Gasteiger partial charge >= 0.3 is 0 Å². The number of rotatable bonds is 5. The fourth-order valence-corrected chi connectivity index (χ4v) is 3.28. The molecule has 0 unspecified atom stereocenters. The highest BCUT2D eigenvalue weighted by Crippen LogP contribution is 2.26. The number of furan rings is 1. The molecule has 0 spiro atoms. The molecular formula is C19H24N2O2. The van der Waals surface area contributed by atoms with Gasteiger partial charge in [0.05, 0.1) is 6.54 Å². The van der Waals surface area contributed by atoms with Gasteiger partial charge in [-0.2, -0.15) is 0 Å². The molecule has 2 N–H and O–H groups in total. The molecule has 1 heterocycles. The highest BCUT2D eigenvalue weighted by Gasteiger charge is 2.28. The van der Waals surface area contributed by atoms with Crippen LogP contribution in [0.4, 0.5) is 0 Å². The minimum Gasteiger partial charge on any atom is -0.455 e. The van der Waals surface area contributed by atoms with Crippen LogP contribution >= 0.6 is 0 Å². The summed E-state index contributed by atoms with van der Waals surface area (Å²) >= 11 is 0. The van der Waals surface area contributed by atoms with Gasteiger partial charge in [-0.05, 0) is 30.5 Å². The van der Waals surface area contributed by atoms with Gasteiger partial charge in [-0.1, -0.05) is 49.6 Å². The Morgan fingerprint density at radius 3 is 2.48 bits per heavy atom. The van der Waals surface area contributed by atoms with Gasteiger partial charge in [-0.3, -0.25) is 4.79 Å². The summed E-state index contributed by atoms with van der Waals surface area (Å²) < 4.78 is 5.59. The lowest BCUT2D eigenvalue weighted by Crippen LogP contribution is -2.40. The van der Waals surface area contributed by atoms with E-state index in [1.165, 1.54) is 19.3 Å². The van der Waals surface area contributed by atoms with E-state index < -0.39 is 0 Å². The molecule has 122 valence electrons. The average molecular weight is 312 g/mol. The molecule has 4 nitrogen and oxygen atoms in total. The van der Waals surface area contributed by atoms with Crippen LogP contribution in [0.25, 0.3) is 0 Å². The summed E-state index contributed by atoms with van der Waals surface area (Å²) in [6, 6.07) is 14.0. The topological polar surface area (TPSA) is 59.5 Å². The van der Waals surface area contributed by atoms with Crippen molar-refractivity contribution in [2.24, 2.45) is 5.73 Å². The molecule has 2 aromatic rings. The normalized spacial score (nSPS) is 15.5. The molecule has 0 bridgehead atoms. The predicted octanol–water partition coefficient (Wildman–Crippen LogP) is 3.71. The van der Waals surface area contributed by atoms with E-state index in [-0.39, 0.29) is 5.91 Å². The SMILES string of the molecule is NCc1ccc(C(=O)N(Cc2ccccc2)C2CCCCC2)o1. The monoisotopic (exact) mass is 312 g/mol. The summed E-state index contributed by atoms with van der Waals surface area (Å²) in [6.07, 6.45) is 5.79. The molecule has 1 saturated carbocycles. The van der Waals surface area contributed by atoms with Crippen molar-refractivity contribution >= 4 is 5.91 Å². The summed E-state index contributed by atoms with van der Waals surface area (Å²) in [4.78, 5) is 14.9. The highest BCUT2D eigenvalue weighted by atomic mass is 16.4. The van der Waals surface area contributed by atoms with E-state index in [9.17, 15) is 4.79 Å². The van der Waals surface area contributed by atoms with Crippen molar-refractivity contribution in [3.63, 3.8) is 0 Å². The van der Waals surface area contributed by atoms with Crippen LogP contribution in [0.1, 0.15) is 54.0 Å².